The fourth-order valence-electron chi connectivity index (χ4n) is 1.80. The zero-order valence-electron chi connectivity index (χ0n) is 9.66. The van der Waals surface area contributed by atoms with Crippen LogP contribution in [0.3, 0.4) is 0 Å². The fourth-order valence-corrected chi connectivity index (χ4v) is 2.06. The van der Waals surface area contributed by atoms with Gasteiger partial charge < -0.3 is 16.8 Å². The van der Waals surface area contributed by atoms with Gasteiger partial charge in [0.1, 0.15) is 11.5 Å². The fraction of sp³-hybridized carbons (Fsp3) is 0.250. The molecule has 1 aliphatic heterocycles. The molecule has 0 aliphatic carbocycles. The topological polar surface area (TPSA) is 76.4 Å². The summed E-state index contributed by atoms with van der Waals surface area (Å²) in [6, 6.07) is 4.60. The molecule has 1 aliphatic rings. The van der Waals surface area contributed by atoms with Crippen molar-refractivity contribution >= 4 is 17.6 Å². The second kappa shape index (κ2) is 4.96. The van der Waals surface area contributed by atoms with E-state index in [9.17, 15) is 4.39 Å². The molecule has 0 radical (unpaired) electrons. The van der Waals surface area contributed by atoms with Gasteiger partial charge in [0.15, 0.2) is 5.96 Å². The van der Waals surface area contributed by atoms with Crippen LogP contribution in [-0.2, 0) is 6.42 Å². The molecule has 1 aromatic rings. The Kier molecular flexibility index (Phi) is 3.54. The molecule has 0 aromatic heterocycles. The SMILES string of the molecule is NC1=NC(N)(CCc2c(F)cccc2Cl)C=CN1. The standard InChI is InChI=1S/C12H14ClFN4/c13-9-2-1-3-10(14)8(9)4-5-12(16)6-7-17-11(15)18-12/h1-3,6-7H,4-5,16H2,(H3,15,17,18). The van der Waals surface area contributed by atoms with Crippen LogP contribution in [0, 0.1) is 5.82 Å². The third kappa shape index (κ3) is 2.80. The highest BCUT2D eigenvalue weighted by Gasteiger charge is 2.24. The molecule has 0 saturated carbocycles. The minimum Gasteiger partial charge on any atom is -0.370 e. The van der Waals surface area contributed by atoms with Crippen LogP contribution in [0.4, 0.5) is 4.39 Å². The molecule has 1 aromatic carbocycles. The van der Waals surface area contributed by atoms with E-state index in [4.69, 9.17) is 23.1 Å². The number of nitrogens with two attached hydrogens (primary N) is 2. The Morgan fingerprint density at radius 2 is 2.22 bits per heavy atom. The van der Waals surface area contributed by atoms with Crippen molar-refractivity contribution in [2.75, 3.05) is 0 Å². The summed E-state index contributed by atoms with van der Waals surface area (Å²) in [4.78, 5) is 4.10. The lowest BCUT2D eigenvalue weighted by atomic mass is 10.00. The molecule has 0 fully saturated rings. The number of hydrogen-bond donors (Lipinski definition) is 3. The van der Waals surface area contributed by atoms with Crippen molar-refractivity contribution in [3.8, 4) is 0 Å². The molecule has 0 spiro atoms. The van der Waals surface area contributed by atoms with E-state index < -0.39 is 5.66 Å². The van der Waals surface area contributed by atoms with Gasteiger partial charge in [0, 0.05) is 16.8 Å². The number of benzene rings is 1. The van der Waals surface area contributed by atoms with E-state index in [0.29, 0.717) is 23.4 Å². The monoisotopic (exact) mass is 268 g/mol. The molecule has 18 heavy (non-hydrogen) atoms. The van der Waals surface area contributed by atoms with E-state index in [1.807, 2.05) is 0 Å². The van der Waals surface area contributed by atoms with E-state index >= 15 is 0 Å². The third-order valence-corrected chi connectivity index (χ3v) is 3.12. The van der Waals surface area contributed by atoms with Gasteiger partial charge >= 0.3 is 0 Å². The zero-order valence-corrected chi connectivity index (χ0v) is 10.4. The Hall–Kier alpha value is -1.59. The van der Waals surface area contributed by atoms with Crippen LogP contribution in [0.5, 0.6) is 0 Å². The van der Waals surface area contributed by atoms with Gasteiger partial charge in [-0.25, -0.2) is 9.38 Å². The number of hydrogen-bond acceptors (Lipinski definition) is 4. The van der Waals surface area contributed by atoms with Crippen LogP contribution in [-0.4, -0.2) is 11.6 Å². The smallest absolute Gasteiger partial charge is 0.194 e. The van der Waals surface area contributed by atoms with Crippen LogP contribution in [0.25, 0.3) is 0 Å². The first-order valence-corrected chi connectivity index (χ1v) is 5.89. The largest absolute Gasteiger partial charge is 0.370 e. The molecule has 2 rings (SSSR count). The first kappa shape index (κ1) is 12.9. The second-order valence-corrected chi connectivity index (χ2v) is 4.57. The maximum atomic E-state index is 13.6. The lowest BCUT2D eigenvalue weighted by molar-refractivity contribution is 0.492. The van der Waals surface area contributed by atoms with E-state index in [2.05, 4.69) is 10.3 Å². The molecule has 1 heterocycles. The van der Waals surface area contributed by atoms with Gasteiger partial charge in [-0.2, -0.15) is 0 Å². The summed E-state index contributed by atoms with van der Waals surface area (Å²) in [5.74, 6) is -0.0828. The second-order valence-electron chi connectivity index (χ2n) is 4.17. The highest BCUT2D eigenvalue weighted by molar-refractivity contribution is 6.31. The van der Waals surface area contributed by atoms with E-state index in [0.717, 1.165) is 0 Å². The Labute approximate surface area is 110 Å². The number of nitrogens with zero attached hydrogens (tertiary/aromatic N) is 1. The molecular formula is C12H14ClFN4. The number of halogens is 2. The Bertz CT molecular complexity index is 495. The predicted octanol–water partition coefficient (Wildman–Crippen LogP) is 1.50. The summed E-state index contributed by atoms with van der Waals surface area (Å²) in [6.07, 6.45) is 4.14. The molecule has 5 N–H and O–H groups in total. The van der Waals surface area contributed by atoms with Crippen molar-refractivity contribution in [1.29, 1.82) is 0 Å². The van der Waals surface area contributed by atoms with E-state index in [1.165, 1.54) is 6.07 Å². The van der Waals surface area contributed by atoms with E-state index in [-0.39, 0.29) is 11.8 Å². The van der Waals surface area contributed by atoms with Crippen molar-refractivity contribution in [2.24, 2.45) is 16.5 Å². The molecule has 1 unspecified atom stereocenters. The van der Waals surface area contributed by atoms with Crippen molar-refractivity contribution in [3.63, 3.8) is 0 Å². The summed E-state index contributed by atoms with van der Waals surface area (Å²) in [6.45, 7) is 0. The Morgan fingerprint density at radius 3 is 2.89 bits per heavy atom. The van der Waals surface area contributed by atoms with Crippen LogP contribution in [0.1, 0.15) is 12.0 Å². The molecule has 0 amide bonds. The Balaban J connectivity index is 2.12. The number of guanidine groups is 1. The summed E-state index contributed by atoms with van der Waals surface area (Å²) >= 11 is 5.95. The first-order valence-electron chi connectivity index (χ1n) is 5.51. The Morgan fingerprint density at radius 1 is 1.44 bits per heavy atom. The average molecular weight is 269 g/mol. The van der Waals surface area contributed by atoms with Gasteiger partial charge in [0.2, 0.25) is 0 Å². The molecule has 0 bridgehead atoms. The summed E-state index contributed by atoms with van der Waals surface area (Å²) in [5, 5.41) is 3.12. The first-order chi connectivity index (χ1) is 8.50. The number of aliphatic imine (C=N–C) groups is 1. The number of nitrogens with one attached hydrogen (secondary N) is 1. The highest BCUT2D eigenvalue weighted by atomic mass is 35.5. The van der Waals surface area contributed by atoms with Crippen molar-refractivity contribution in [1.82, 2.24) is 5.32 Å². The average Bonchev–Trinajstić information content (AvgIpc) is 2.28. The van der Waals surface area contributed by atoms with Gasteiger partial charge in [-0.05, 0) is 31.1 Å². The summed E-state index contributed by atoms with van der Waals surface area (Å²) < 4.78 is 13.6. The minimum atomic E-state index is -0.916. The van der Waals surface area contributed by atoms with Crippen LogP contribution >= 0.6 is 11.6 Å². The van der Waals surface area contributed by atoms with E-state index in [1.54, 1.807) is 24.4 Å². The van der Waals surface area contributed by atoms with Gasteiger partial charge in [-0.1, -0.05) is 17.7 Å². The molecule has 0 saturated heterocycles. The van der Waals surface area contributed by atoms with Crippen molar-refractivity contribution in [3.05, 3.63) is 46.9 Å². The van der Waals surface area contributed by atoms with Gasteiger partial charge in [-0.3, -0.25) is 0 Å². The van der Waals surface area contributed by atoms with Crippen LogP contribution in [0.2, 0.25) is 5.02 Å². The maximum Gasteiger partial charge on any atom is 0.194 e. The summed E-state index contributed by atoms with van der Waals surface area (Å²) in [5.41, 5.74) is 11.1. The molecule has 6 heteroatoms. The number of rotatable bonds is 3. The summed E-state index contributed by atoms with van der Waals surface area (Å²) in [7, 11) is 0. The lowest BCUT2D eigenvalue weighted by Crippen LogP contribution is -2.44. The minimum absolute atomic E-state index is 0.250. The predicted molar refractivity (Wildman–Crippen MR) is 70.5 cm³/mol. The third-order valence-electron chi connectivity index (χ3n) is 2.77. The van der Waals surface area contributed by atoms with Gasteiger partial charge in [-0.15, -0.1) is 0 Å². The lowest BCUT2D eigenvalue weighted by Gasteiger charge is -2.25. The van der Waals surface area contributed by atoms with Gasteiger partial charge in [0.25, 0.3) is 0 Å². The molecule has 96 valence electrons. The normalized spacial score (nSPS) is 22.5. The van der Waals surface area contributed by atoms with Gasteiger partial charge in [0.05, 0.1) is 0 Å². The molecule has 4 nitrogen and oxygen atoms in total. The van der Waals surface area contributed by atoms with Crippen molar-refractivity contribution in [2.45, 2.75) is 18.5 Å². The van der Waals surface area contributed by atoms with Crippen LogP contribution in [0.15, 0.2) is 35.5 Å². The molecule has 1 atom stereocenters. The highest BCUT2D eigenvalue weighted by Crippen LogP contribution is 2.24. The van der Waals surface area contributed by atoms with Crippen LogP contribution < -0.4 is 16.8 Å². The molecular weight excluding hydrogens is 255 g/mol. The van der Waals surface area contributed by atoms with Crippen molar-refractivity contribution < 1.29 is 4.39 Å². The maximum absolute atomic E-state index is 13.6. The quantitative estimate of drug-likeness (QED) is 0.777. The zero-order chi connectivity index (χ0) is 13.2.